The molecule has 4 aliphatic carbocycles. The Morgan fingerprint density at radius 3 is 2.12 bits per heavy atom. The minimum absolute atomic E-state index is 0.0460. The van der Waals surface area contributed by atoms with Gasteiger partial charge < -0.3 is 24.6 Å². The number of amides is 3. The van der Waals surface area contributed by atoms with Crippen LogP contribution in [-0.4, -0.2) is 64.8 Å². The zero-order chi connectivity index (χ0) is 42.4. The van der Waals surface area contributed by atoms with E-state index in [0.717, 1.165) is 82.8 Å². The summed E-state index contributed by atoms with van der Waals surface area (Å²) < 4.78 is 18.0. The van der Waals surface area contributed by atoms with E-state index < -0.39 is 41.9 Å². The number of fused-ring (bicyclic) bond motifs is 2. The van der Waals surface area contributed by atoms with Gasteiger partial charge in [0, 0.05) is 12.1 Å². The number of benzene rings is 2. The van der Waals surface area contributed by atoms with Gasteiger partial charge in [-0.1, -0.05) is 56.3 Å². The molecular weight excluding hydrogens is 771 g/mol. The molecule has 3 amide bonds. The number of aliphatic hydroxyl groups is 1. The summed E-state index contributed by atoms with van der Waals surface area (Å²) in [5.41, 5.74) is 4.00. The normalized spacial score (nSPS) is 25.6. The van der Waals surface area contributed by atoms with Crippen LogP contribution in [0.2, 0.25) is 0 Å². The number of carbonyl (C=O) groups is 4. The van der Waals surface area contributed by atoms with Gasteiger partial charge in [-0.3, -0.25) is 25.0 Å². The third kappa shape index (κ3) is 13.5. The Morgan fingerprint density at radius 1 is 0.767 bits per heavy atom. The average Bonchev–Trinajstić information content (AvgIpc) is 3.74. The predicted octanol–water partition coefficient (Wildman–Crippen LogP) is 7.82. The van der Waals surface area contributed by atoms with Crippen LogP contribution in [0, 0.1) is 23.7 Å². The summed E-state index contributed by atoms with van der Waals surface area (Å²) in [6.45, 7) is 3.70. The second-order valence-electron chi connectivity index (χ2n) is 17.5. The predicted molar refractivity (Wildman–Crippen MR) is 221 cm³/mol. The van der Waals surface area contributed by atoms with Crippen LogP contribution in [0.1, 0.15) is 127 Å². The number of hydrogen-bond donors (Lipinski definition) is 5. The summed E-state index contributed by atoms with van der Waals surface area (Å²) >= 11 is 0. The van der Waals surface area contributed by atoms with E-state index in [-0.39, 0.29) is 43.4 Å². The maximum Gasteiger partial charge on any atom is 0.411 e. The highest BCUT2D eigenvalue weighted by atomic mass is 17.1. The van der Waals surface area contributed by atoms with Crippen molar-refractivity contribution in [1.82, 2.24) is 10.8 Å². The minimum Gasteiger partial charge on any atom is -0.495 e. The van der Waals surface area contributed by atoms with Crippen molar-refractivity contribution in [1.29, 1.82) is 0 Å². The van der Waals surface area contributed by atoms with Crippen LogP contribution < -0.4 is 16.1 Å². The number of rotatable bonds is 17. The zero-order valence-corrected chi connectivity index (χ0v) is 34.9. The molecule has 5 N–H and O–H groups in total. The number of hydrogen-bond acceptors (Lipinski definition) is 11. The van der Waals surface area contributed by atoms with Crippen LogP contribution in [0.5, 0.6) is 0 Å². The molecule has 2 bridgehead atoms. The molecule has 0 radical (unpaired) electrons. The topological polar surface area (TPSA) is 191 Å². The standard InChI is InChI=1S/C46H63N3O11/c1-29(2)22-40(43(51)48-41(33-10-4-3-5-11-33)45(53)58-36-12-6-7-13-36)42(50)44(52)49-56-28-30-18-20-34(21-19-30)47-46(54)59-37-16-8-14-35(15-9-17-37)57-38-24-31-23-32(25-38)27-39(26-31)60-55/h3-5,10-11,14,18-21,29,31-32,36-42,50,55H,6-9,12-13,15-17,22-28H2,1-2H3,(H,47,54)(H,48,51)(H,49,52)/b35-14+/t31?,32?,37?,38?,39?,40-,41+,42+/m1/s1. The van der Waals surface area contributed by atoms with E-state index in [1.54, 1.807) is 54.6 Å². The highest BCUT2D eigenvalue weighted by molar-refractivity contribution is 5.91. The van der Waals surface area contributed by atoms with Gasteiger partial charge in [0.2, 0.25) is 5.91 Å². The van der Waals surface area contributed by atoms with E-state index in [1.165, 1.54) is 6.42 Å². The SMILES string of the molecule is CC(C)C[C@@H](C(=O)N[C@H](C(=O)OC1CCCC1)c1ccccc1)[C@H](O)C(=O)NOCc1ccc(NC(=O)OC2CC/C=C(/OC3CC4CC(CC(OO)C4)C3)CCC2)cc1. The molecule has 6 rings (SSSR count). The highest BCUT2D eigenvalue weighted by Gasteiger charge is 2.39. The fourth-order valence-corrected chi connectivity index (χ4v) is 9.25. The number of allylic oxidation sites excluding steroid dienone is 2. The van der Waals surface area contributed by atoms with Crippen LogP contribution in [-0.2, 0) is 44.9 Å². The Kier molecular flexibility index (Phi) is 16.8. The summed E-state index contributed by atoms with van der Waals surface area (Å²) in [5.74, 6) is -1.26. The fraction of sp³-hybridized carbons (Fsp3) is 0.609. The first-order chi connectivity index (χ1) is 29.0. The number of nitrogens with one attached hydrogen (secondary N) is 3. The largest absolute Gasteiger partial charge is 0.495 e. The van der Waals surface area contributed by atoms with E-state index in [2.05, 4.69) is 27.1 Å². The number of ether oxygens (including phenoxy) is 3. The number of anilines is 1. The van der Waals surface area contributed by atoms with Crippen molar-refractivity contribution < 1.29 is 53.5 Å². The molecule has 2 aromatic rings. The van der Waals surface area contributed by atoms with Gasteiger partial charge in [0.05, 0.1) is 30.5 Å². The van der Waals surface area contributed by atoms with Crippen molar-refractivity contribution >= 4 is 29.6 Å². The second kappa shape index (κ2) is 22.4. The Hall–Kier alpha value is -4.50. The summed E-state index contributed by atoms with van der Waals surface area (Å²) in [4.78, 5) is 62.9. The van der Waals surface area contributed by atoms with Crippen LogP contribution in [0.4, 0.5) is 10.5 Å². The lowest BCUT2D eigenvalue weighted by Crippen LogP contribution is -2.48. The Labute approximate surface area is 353 Å². The quantitative estimate of drug-likeness (QED) is 0.0593. The summed E-state index contributed by atoms with van der Waals surface area (Å²) in [7, 11) is 0. The molecule has 0 heterocycles. The van der Waals surface area contributed by atoms with Crippen LogP contribution in [0.15, 0.2) is 66.4 Å². The molecule has 0 spiro atoms. The summed E-state index contributed by atoms with van der Waals surface area (Å²) in [6.07, 6.45) is 12.1. The molecule has 3 fully saturated rings. The molecule has 14 nitrogen and oxygen atoms in total. The molecule has 4 aliphatic rings. The molecule has 0 saturated heterocycles. The van der Waals surface area contributed by atoms with Crippen LogP contribution in [0.3, 0.4) is 0 Å². The van der Waals surface area contributed by atoms with Crippen molar-refractivity contribution in [3.05, 3.63) is 77.6 Å². The average molecular weight is 834 g/mol. The first-order valence-corrected chi connectivity index (χ1v) is 21.9. The number of esters is 1. The second-order valence-corrected chi connectivity index (χ2v) is 17.5. The first kappa shape index (κ1) is 45.0. The molecule has 3 unspecified atom stereocenters. The Bertz CT molecular complexity index is 1720. The lowest BCUT2D eigenvalue weighted by molar-refractivity contribution is -0.292. The van der Waals surface area contributed by atoms with E-state index in [9.17, 15) is 24.3 Å². The van der Waals surface area contributed by atoms with Gasteiger partial charge >= 0.3 is 12.1 Å². The number of carbonyl (C=O) groups excluding carboxylic acids is 4. The molecular formula is C46H63N3O11. The van der Waals surface area contributed by atoms with E-state index >= 15 is 0 Å². The monoisotopic (exact) mass is 833 g/mol. The van der Waals surface area contributed by atoms with Gasteiger partial charge in [-0.05, 0) is 137 Å². The molecule has 328 valence electrons. The van der Waals surface area contributed by atoms with Gasteiger partial charge in [0.1, 0.15) is 18.3 Å². The van der Waals surface area contributed by atoms with Crippen molar-refractivity contribution in [2.75, 3.05) is 5.32 Å². The third-order valence-corrected chi connectivity index (χ3v) is 12.2. The molecule has 3 saturated carbocycles. The minimum atomic E-state index is -1.75. The molecule has 14 heteroatoms. The summed E-state index contributed by atoms with van der Waals surface area (Å²) in [5, 5.41) is 25.8. The van der Waals surface area contributed by atoms with E-state index in [0.29, 0.717) is 35.1 Å². The summed E-state index contributed by atoms with van der Waals surface area (Å²) in [6, 6.07) is 14.5. The maximum absolute atomic E-state index is 13.7. The van der Waals surface area contributed by atoms with Gasteiger partial charge in [-0.2, -0.15) is 0 Å². The van der Waals surface area contributed by atoms with Gasteiger partial charge in [-0.25, -0.2) is 20.0 Å². The van der Waals surface area contributed by atoms with Gasteiger partial charge in [-0.15, -0.1) is 0 Å². The molecule has 0 aromatic heterocycles. The lowest BCUT2D eigenvalue weighted by Gasteiger charge is -2.41. The zero-order valence-electron chi connectivity index (χ0n) is 34.9. The van der Waals surface area contributed by atoms with Crippen LogP contribution in [0.25, 0.3) is 0 Å². The number of aliphatic hydroxyl groups excluding tert-OH is 1. The Morgan fingerprint density at radius 2 is 1.43 bits per heavy atom. The van der Waals surface area contributed by atoms with Crippen molar-refractivity contribution in [3.63, 3.8) is 0 Å². The lowest BCUT2D eigenvalue weighted by atomic mass is 9.70. The first-order valence-electron chi connectivity index (χ1n) is 21.9. The Balaban J connectivity index is 0.921. The molecule has 6 atom stereocenters. The van der Waals surface area contributed by atoms with Gasteiger partial charge in [0.15, 0.2) is 6.04 Å². The number of hydroxylamine groups is 1. The van der Waals surface area contributed by atoms with Crippen molar-refractivity contribution in [3.8, 4) is 0 Å². The fourth-order valence-electron chi connectivity index (χ4n) is 9.25. The molecule has 60 heavy (non-hydrogen) atoms. The smallest absolute Gasteiger partial charge is 0.411 e. The maximum atomic E-state index is 13.7. The van der Waals surface area contributed by atoms with Crippen LogP contribution >= 0.6 is 0 Å². The van der Waals surface area contributed by atoms with E-state index in [1.807, 2.05) is 13.8 Å². The highest BCUT2D eigenvalue weighted by Crippen LogP contribution is 2.42. The third-order valence-electron chi connectivity index (χ3n) is 12.2. The van der Waals surface area contributed by atoms with Gasteiger partial charge in [0.25, 0.3) is 5.91 Å². The van der Waals surface area contributed by atoms with Crippen molar-refractivity contribution in [2.45, 2.75) is 153 Å². The molecule has 2 aromatic carbocycles. The molecule has 0 aliphatic heterocycles. The van der Waals surface area contributed by atoms with E-state index in [4.69, 9.17) is 24.3 Å². The van der Waals surface area contributed by atoms with Crippen molar-refractivity contribution in [2.24, 2.45) is 23.7 Å².